The number of rotatable bonds is 7. The van der Waals surface area contributed by atoms with E-state index in [1.165, 1.54) is 25.7 Å². The quantitative estimate of drug-likeness (QED) is 0.439. The molecule has 1 nitrogen and oxygen atoms in total. The van der Waals surface area contributed by atoms with Gasteiger partial charge in [-0.05, 0) is 24.7 Å². The first-order valence-corrected chi connectivity index (χ1v) is 6.03. The van der Waals surface area contributed by atoms with Crippen LogP contribution < -0.4 is 0 Å². The zero-order valence-electron chi connectivity index (χ0n) is 9.10. The van der Waals surface area contributed by atoms with Crippen molar-refractivity contribution < 1.29 is 4.43 Å². The Labute approximate surface area is 80.4 Å². The van der Waals surface area contributed by atoms with Crippen LogP contribution in [0.25, 0.3) is 0 Å². The minimum absolute atomic E-state index is 0.877. The lowest BCUT2D eigenvalue weighted by atomic mass is 9.88. The second-order valence-electron chi connectivity index (χ2n) is 3.88. The maximum Gasteiger partial charge on any atom is 0.145 e. The molecule has 0 N–H and O–H groups in total. The minimum Gasteiger partial charge on any atom is -0.428 e. The van der Waals surface area contributed by atoms with Gasteiger partial charge in [0, 0.05) is 6.61 Å². The van der Waals surface area contributed by atoms with Crippen LogP contribution in [0.4, 0.5) is 0 Å². The van der Waals surface area contributed by atoms with Crippen molar-refractivity contribution in [3.05, 3.63) is 0 Å². The average Bonchev–Trinajstić information content (AvgIpc) is 2.05. The fourth-order valence-corrected chi connectivity index (χ4v) is 1.86. The highest BCUT2D eigenvalue weighted by Gasteiger charge is 2.09. The van der Waals surface area contributed by atoms with Gasteiger partial charge in [0.25, 0.3) is 0 Å². The first-order chi connectivity index (χ1) is 5.72. The summed E-state index contributed by atoms with van der Waals surface area (Å²) in [7, 11) is 0.897. The van der Waals surface area contributed by atoms with Gasteiger partial charge in [-0.1, -0.05) is 33.6 Å². The molecule has 12 heavy (non-hydrogen) atoms. The van der Waals surface area contributed by atoms with E-state index in [0.29, 0.717) is 0 Å². The average molecular weight is 188 g/mol. The van der Waals surface area contributed by atoms with E-state index >= 15 is 0 Å². The Morgan fingerprint density at radius 2 is 1.75 bits per heavy atom. The van der Waals surface area contributed by atoms with Crippen LogP contribution in [0, 0.1) is 11.8 Å². The van der Waals surface area contributed by atoms with E-state index in [9.17, 15) is 0 Å². The Kier molecular flexibility index (Phi) is 7.92. The molecule has 0 aliphatic carbocycles. The summed E-state index contributed by atoms with van der Waals surface area (Å²) < 4.78 is 5.17. The van der Waals surface area contributed by atoms with Crippen molar-refractivity contribution in [1.82, 2.24) is 0 Å². The summed E-state index contributed by atoms with van der Waals surface area (Å²) >= 11 is 0. The molecule has 2 heteroatoms. The van der Waals surface area contributed by atoms with Gasteiger partial charge < -0.3 is 4.43 Å². The van der Waals surface area contributed by atoms with Crippen LogP contribution in [-0.2, 0) is 4.43 Å². The normalized spacial score (nSPS) is 16.2. The predicted molar refractivity (Wildman–Crippen MR) is 58.4 cm³/mol. The summed E-state index contributed by atoms with van der Waals surface area (Å²) in [5, 5.41) is 0. The summed E-state index contributed by atoms with van der Waals surface area (Å²) in [6.07, 6.45) is 5.29. The molecule has 2 unspecified atom stereocenters. The highest BCUT2D eigenvalue weighted by molar-refractivity contribution is 5.97. The molecule has 0 saturated heterocycles. The molecule has 0 rings (SSSR count). The molecule has 0 radical (unpaired) electrons. The molecule has 0 aliphatic rings. The Morgan fingerprint density at radius 3 is 2.25 bits per heavy atom. The predicted octanol–water partition coefficient (Wildman–Crippen LogP) is 2.14. The van der Waals surface area contributed by atoms with E-state index in [2.05, 4.69) is 20.8 Å². The molecule has 0 aromatic heterocycles. The van der Waals surface area contributed by atoms with Gasteiger partial charge in [0.05, 0.1) is 0 Å². The van der Waals surface area contributed by atoms with E-state index in [4.69, 9.17) is 4.43 Å². The largest absolute Gasteiger partial charge is 0.428 e. The summed E-state index contributed by atoms with van der Waals surface area (Å²) in [4.78, 5) is 0. The van der Waals surface area contributed by atoms with Crippen LogP contribution in [-0.4, -0.2) is 17.1 Å². The SMILES string of the molecule is CCCC(C)C(C)CCCO[SiH3]. The van der Waals surface area contributed by atoms with E-state index < -0.39 is 0 Å². The van der Waals surface area contributed by atoms with E-state index in [-0.39, 0.29) is 0 Å². The topological polar surface area (TPSA) is 9.23 Å². The van der Waals surface area contributed by atoms with E-state index in [1.54, 1.807) is 0 Å². The fourth-order valence-electron chi connectivity index (χ4n) is 1.57. The molecule has 0 bridgehead atoms. The van der Waals surface area contributed by atoms with Crippen molar-refractivity contribution in [3.63, 3.8) is 0 Å². The third kappa shape index (κ3) is 5.78. The second-order valence-corrected chi connectivity index (χ2v) is 4.46. The molecule has 2 atom stereocenters. The van der Waals surface area contributed by atoms with Gasteiger partial charge in [0.2, 0.25) is 0 Å². The molecule has 74 valence electrons. The Balaban J connectivity index is 3.35. The first-order valence-electron chi connectivity index (χ1n) is 5.21. The Morgan fingerprint density at radius 1 is 1.17 bits per heavy atom. The molecular weight excluding hydrogens is 164 g/mol. The lowest BCUT2D eigenvalue weighted by Gasteiger charge is -2.18. The summed E-state index contributed by atoms with van der Waals surface area (Å²) in [6, 6.07) is 0. The minimum atomic E-state index is 0.877. The van der Waals surface area contributed by atoms with Crippen molar-refractivity contribution in [2.45, 2.75) is 46.5 Å². The van der Waals surface area contributed by atoms with Crippen LogP contribution in [0.1, 0.15) is 46.5 Å². The van der Waals surface area contributed by atoms with Crippen molar-refractivity contribution in [3.8, 4) is 0 Å². The van der Waals surface area contributed by atoms with Crippen LogP contribution >= 0.6 is 0 Å². The van der Waals surface area contributed by atoms with Crippen LogP contribution in [0.2, 0.25) is 0 Å². The molecule has 0 spiro atoms. The van der Waals surface area contributed by atoms with Crippen LogP contribution in [0.15, 0.2) is 0 Å². The maximum atomic E-state index is 5.17. The van der Waals surface area contributed by atoms with E-state index in [0.717, 1.165) is 28.9 Å². The molecule has 0 amide bonds. The van der Waals surface area contributed by atoms with Gasteiger partial charge in [-0.3, -0.25) is 0 Å². The van der Waals surface area contributed by atoms with Gasteiger partial charge in [-0.2, -0.15) is 0 Å². The van der Waals surface area contributed by atoms with Gasteiger partial charge in [0.1, 0.15) is 10.5 Å². The lowest BCUT2D eigenvalue weighted by molar-refractivity contribution is 0.284. The van der Waals surface area contributed by atoms with Crippen molar-refractivity contribution in [2.75, 3.05) is 6.61 Å². The van der Waals surface area contributed by atoms with Gasteiger partial charge in [0.15, 0.2) is 0 Å². The molecule has 0 heterocycles. The zero-order valence-corrected chi connectivity index (χ0v) is 11.1. The molecule has 0 aliphatic heterocycles. The molecule has 0 saturated carbocycles. The summed E-state index contributed by atoms with van der Waals surface area (Å²) in [6.45, 7) is 7.99. The first kappa shape index (κ1) is 12.2. The van der Waals surface area contributed by atoms with Crippen molar-refractivity contribution in [1.29, 1.82) is 0 Å². The summed E-state index contributed by atoms with van der Waals surface area (Å²) in [5.41, 5.74) is 0. The molecule has 0 aromatic rings. The van der Waals surface area contributed by atoms with Crippen LogP contribution in [0.5, 0.6) is 0 Å². The Hall–Kier alpha value is 0.177. The monoisotopic (exact) mass is 188 g/mol. The van der Waals surface area contributed by atoms with Crippen LogP contribution in [0.3, 0.4) is 0 Å². The van der Waals surface area contributed by atoms with Crippen molar-refractivity contribution in [2.24, 2.45) is 11.8 Å². The van der Waals surface area contributed by atoms with Gasteiger partial charge in [-0.15, -0.1) is 0 Å². The van der Waals surface area contributed by atoms with Gasteiger partial charge in [-0.25, -0.2) is 0 Å². The Bertz CT molecular complexity index is 95.8. The maximum absolute atomic E-state index is 5.17. The molecule has 0 fully saturated rings. The second kappa shape index (κ2) is 7.81. The zero-order chi connectivity index (χ0) is 9.40. The summed E-state index contributed by atoms with van der Waals surface area (Å²) in [5.74, 6) is 1.77. The highest BCUT2D eigenvalue weighted by Crippen LogP contribution is 2.20. The highest BCUT2D eigenvalue weighted by atomic mass is 28.2. The number of hydrogen-bond acceptors (Lipinski definition) is 1. The third-order valence-electron chi connectivity index (χ3n) is 2.72. The molecular formula is C10H24OSi. The van der Waals surface area contributed by atoms with E-state index in [1.807, 2.05) is 0 Å². The number of hydrogen-bond donors (Lipinski definition) is 0. The van der Waals surface area contributed by atoms with Gasteiger partial charge >= 0.3 is 0 Å². The fraction of sp³-hybridized carbons (Fsp3) is 1.00. The smallest absolute Gasteiger partial charge is 0.145 e. The molecule has 0 aromatic carbocycles. The lowest BCUT2D eigenvalue weighted by Crippen LogP contribution is -2.08. The third-order valence-corrected chi connectivity index (χ3v) is 3.13. The standard InChI is InChI=1S/C10H24OSi/c1-4-6-9(2)10(3)7-5-8-11-12/h9-10H,4-8H2,1-3,12H3. The van der Waals surface area contributed by atoms with Crippen molar-refractivity contribution >= 4 is 10.5 Å².